The summed E-state index contributed by atoms with van der Waals surface area (Å²) < 4.78 is 7.41. The summed E-state index contributed by atoms with van der Waals surface area (Å²) in [7, 11) is 0. The van der Waals surface area contributed by atoms with E-state index in [2.05, 4.69) is 15.5 Å². The second kappa shape index (κ2) is 9.31. The van der Waals surface area contributed by atoms with Gasteiger partial charge in [0.15, 0.2) is 10.9 Å². The third kappa shape index (κ3) is 4.84. The van der Waals surface area contributed by atoms with Crippen LogP contribution in [0.5, 0.6) is 0 Å². The van der Waals surface area contributed by atoms with Crippen molar-refractivity contribution in [2.24, 2.45) is 5.73 Å². The molecule has 0 saturated carbocycles. The third-order valence-corrected chi connectivity index (χ3v) is 5.69. The average Bonchev–Trinajstić information content (AvgIpc) is 3.43. The van der Waals surface area contributed by atoms with E-state index in [1.165, 1.54) is 11.8 Å². The van der Waals surface area contributed by atoms with Crippen LogP contribution in [0.4, 0.5) is 4.79 Å². The fraction of sp³-hybridized carbons (Fsp3) is 0.0909. The Kier molecular flexibility index (Phi) is 6.13. The number of rotatable bonds is 7. The minimum Gasteiger partial charge on any atom is -0.461 e. The molecule has 0 saturated heterocycles. The first-order valence-electron chi connectivity index (χ1n) is 9.44. The van der Waals surface area contributed by atoms with Gasteiger partial charge in [0.2, 0.25) is 11.7 Å². The number of imide groups is 1. The van der Waals surface area contributed by atoms with Crippen molar-refractivity contribution in [3.63, 3.8) is 0 Å². The molecule has 2 aromatic carbocycles. The molecule has 2 aromatic heterocycles. The number of furan rings is 1. The SMILES string of the molecule is NC(=O)NC(=O)[C@H](Sc1nnc(-c2ccco2)n1Cc1ccccc1)c1ccccc1. The molecule has 8 nitrogen and oxygen atoms in total. The number of benzene rings is 2. The molecule has 4 aromatic rings. The van der Waals surface area contributed by atoms with E-state index in [-0.39, 0.29) is 0 Å². The normalized spacial score (nSPS) is 11.7. The van der Waals surface area contributed by atoms with Crippen LogP contribution in [0.1, 0.15) is 16.4 Å². The first-order chi connectivity index (χ1) is 15.1. The highest BCUT2D eigenvalue weighted by Crippen LogP contribution is 2.36. The number of urea groups is 1. The van der Waals surface area contributed by atoms with Crippen molar-refractivity contribution >= 4 is 23.7 Å². The first kappa shape index (κ1) is 20.4. The van der Waals surface area contributed by atoms with E-state index in [1.54, 1.807) is 18.4 Å². The van der Waals surface area contributed by atoms with Crippen LogP contribution in [0.15, 0.2) is 88.6 Å². The zero-order valence-corrected chi connectivity index (χ0v) is 17.2. The van der Waals surface area contributed by atoms with E-state index < -0.39 is 17.2 Å². The molecular formula is C22H19N5O3S. The Bertz CT molecular complexity index is 1160. The number of hydrogen-bond acceptors (Lipinski definition) is 6. The Morgan fingerprint density at radius 2 is 1.71 bits per heavy atom. The van der Waals surface area contributed by atoms with Crippen LogP contribution in [0.25, 0.3) is 11.6 Å². The second-order valence-corrected chi connectivity index (χ2v) is 7.69. The summed E-state index contributed by atoms with van der Waals surface area (Å²) in [5.74, 6) is 0.573. The Hall–Kier alpha value is -3.85. The van der Waals surface area contributed by atoms with Crippen molar-refractivity contribution in [1.82, 2.24) is 20.1 Å². The molecule has 0 aliphatic carbocycles. The standard InChI is InChI=1S/C22H19N5O3S/c23-21(29)24-20(28)18(16-10-5-2-6-11-16)31-22-26-25-19(17-12-7-13-30-17)27(22)14-15-8-3-1-4-9-15/h1-13,18H,14H2,(H3,23,24,28,29)/t18-/m1/s1. The van der Waals surface area contributed by atoms with Gasteiger partial charge in [0.1, 0.15) is 5.25 Å². The highest BCUT2D eigenvalue weighted by Gasteiger charge is 2.27. The average molecular weight is 433 g/mol. The van der Waals surface area contributed by atoms with Crippen molar-refractivity contribution in [2.45, 2.75) is 17.0 Å². The number of amides is 3. The van der Waals surface area contributed by atoms with Crippen LogP contribution in [0.3, 0.4) is 0 Å². The summed E-state index contributed by atoms with van der Waals surface area (Å²) in [6.07, 6.45) is 1.57. The van der Waals surface area contributed by atoms with Gasteiger partial charge in [-0.1, -0.05) is 72.4 Å². The maximum atomic E-state index is 12.8. The van der Waals surface area contributed by atoms with Gasteiger partial charge in [-0.3, -0.25) is 14.7 Å². The maximum Gasteiger partial charge on any atom is 0.318 e. The van der Waals surface area contributed by atoms with Crippen molar-refractivity contribution in [3.8, 4) is 11.6 Å². The number of hydrogen-bond donors (Lipinski definition) is 2. The molecular weight excluding hydrogens is 414 g/mol. The second-order valence-electron chi connectivity index (χ2n) is 6.62. The highest BCUT2D eigenvalue weighted by molar-refractivity contribution is 8.00. The summed E-state index contributed by atoms with van der Waals surface area (Å²) >= 11 is 1.18. The van der Waals surface area contributed by atoms with Crippen LogP contribution < -0.4 is 11.1 Å². The fourth-order valence-corrected chi connectivity index (χ4v) is 4.10. The Labute approximate surface area is 182 Å². The minimum atomic E-state index is -0.909. The molecule has 3 amide bonds. The van der Waals surface area contributed by atoms with Gasteiger partial charge in [-0.2, -0.15) is 0 Å². The number of aromatic nitrogens is 3. The summed E-state index contributed by atoms with van der Waals surface area (Å²) in [5.41, 5.74) is 6.92. The maximum absolute atomic E-state index is 12.8. The summed E-state index contributed by atoms with van der Waals surface area (Å²) in [4.78, 5) is 24.1. The number of carbonyl (C=O) groups is 2. The largest absolute Gasteiger partial charge is 0.461 e. The molecule has 0 fully saturated rings. The van der Waals surface area contributed by atoms with Crippen molar-refractivity contribution < 1.29 is 14.0 Å². The summed E-state index contributed by atoms with van der Waals surface area (Å²) in [6.45, 7) is 0.477. The lowest BCUT2D eigenvalue weighted by atomic mass is 10.1. The lowest BCUT2D eigenvalue weighted by Gasteiger charge is -2.16. The lowest BCUT2D eigenvalue weighted by Crippen LogP contribution is -2.37. The minimum absolute atomic E-state index is 0.477. The Morgan fingerprint density at radius 1 is 1.00 bits per heavy atom. The molecule has 0 unspecified atom stereocenters. The number of carbonyl (C=O) groups excluding carboxylic acids is 2. The zero-order valence-electron chi connectivity index (χ0n) is 16.3. The molecule has 2 heterocycles. The summed E-state index contributed by atoms with van der Waals surface area (Å²) in [5, 5.41) is 10.5. The van der Waals surface area contributed by atoms with E-state index in [4.69, 9.17) is 10.2 Å². The number of nitrogens with one attached hydrogen (secondary N) is 1. The molecule has 0 aliphatic rings. The van der Waals surface area contributed by atoms with Crippen LogP contribution in [-0.4, -0.2) is 26.7 Å². The predicted molar refractivity (Wildman–Crippen MR) is 116 cm³/mol. The van der Waals surface area contributed by atoms with E-state index >= 15 is 0 Å². The molecule has 1 atom stereocenters. The third-order valence-electron chi connectivity index (χ3n) is 4.45. The zero-order chi connectivity index (χ0) is 21.6. The van der Waals surface area contributed by atoms with Crippen LogP contribution in [-0.2, 0) is 11.3 Å². The smallest absolute Gasteiger partial charge is 0.318 e. The molecule has 0 radical (unpaired) electrons. The van der Waals surface area contributed by atoms with E-state index in [1.807, 2.05) is 65.2 Å². The topological polar surface area (TPSA) is 116 Å². The van der Waals surface area contributed by atoms with Gasteiger partial charge in [-0.25, -0.2) is 4.79 Å². The monoisotopic (exact) mass is 433 g/mol. The van der Waals surface area contributed by atoms with Crippen LogP contribution >= 0.6 is 11.8 Å². The van der Waals surface area contributed by atoms with Gasteiger partial charge in [0.05, 0.1) is 12.8 Å². The lowest BCUT2D eigenvalue weighted by molar-refractivity contribution is -0.119. The predicted octanol–water partition coefficient (Wildman–Crippen LogP) is 3.61. The van der Waals surface area contributed by atoms with Crippen molar-refractivity contribution in [2.75, 3.05) is 0 Å². The molecule has 31 heavy (non-hydrogen) atoms. The van der Waals surface area contributed by atoms with Gasteiger partial charge < -0.3 is 10.2 Å². The van der Waals surface area contributed by atoms with Crippen molar-refractivity contribution in [1.29, 1.82) is 0 Å². The molecule has 0 aliphatic heterocycles. The molecule has 0 bridgehead atoms. The Balaban J connectivity index is 1.73. The first-order valence-corrected chi connectivity index (χ1v) is 10.3. The Morgan fingerprint density at radius 3 is 2.35 bits per heavy atom. The van der Waals surface area contributed by atoms with E-state index in [9.17, 15) is 9.59 Å². The number of thioether (sulfide) groups is 1. The highest BCUT2D eigenvalue weighted by atomic mass is 32.2. The molecule has 0 spiro atoms. The fourth-order valence-electron chi connectivity index (χ4n) is 3.07. The van der Waals surface area contributed by atoms with Crippen LogP contribution in [0.2, 0.25) is 0 Å². The van der Waals surface area contributed by atoms with E-state index in [0.29, 0.717) is 28.8 Å². The van der Waals surface area contributed by atoms with Crippen LogP contribution in [0, 0.1) is 0 Å². The molecule has 4 rings (SSSR count). The molecule has 9 heteroatoms. The molecule has 156 valence electrons. The van der Waals surface area contributed by atoms with Gasteiger partial charge in [0.25, 0.3) is 0 Å². The van der Waals surface area contributed by atoms with Gasteiger partial charge in [0, 0.05) is 0 Å². The summed E-state index contributed by atoms with van der Waals surface area (Å²) in [6, 6.07) is 21.6. The van der Waals surface area contributed by atoms with Gasteiger partial charge >= 0.3 is 6.03 Å². The van der Waals surface area contributed by atoms with Gasteiger partial charge in [-0.05, 0) is 23.3 Å². The van der Waals surface area contributed by atoms with E-state index in [0.717, 1.165) is 5.56 Å². The van der Waals surface area contributed by atoms with Gasteiger partial charge in [-0.15, -0.1) is 10.2 Å². The number of nitrogens with zero attached hydrogens (tertiary/aromatic N) is 3. The molecule has 3 N–H and O–H groups in total. The van der Waals surface area contributed by atoms with Crippen molar-refractivity contribution in [3.05, 3.63) is 90.2 Å². The quantitative estimate of drug-likeness (QED) is 0.430. The number of nitrogens with two attached hydrogens (primary N) is 1. The number of primary amides is 1.